The maximum Gasteiger partial charge on any atom is 0.356 e. The molecule has 7 heteroatoms. The summed E-state index contributed by atoms with van der Waals surface area (Å²) < 4.78 is 7.04. The van der Waals surface area contributed by atoms with Gasteiger partial charge in [0.05, 0.1) is 12.3 Å². The number of carboxylic acids is 1. The molecule has 6 nitrogen and oxygen atoms in total. The van der Waals surface area contributed by atoms with Crippen LogP contribution in [0.3, 0.4) is 0 Å². The molecule has 0 saturated carbocycles. The highest BCUT2D eigenvalue weighted by atomic mass is 32.1. The highest BCUT2D eigenvalue weighted by Crippen LogP contribution is 2.20. The zero-order valence-electron chi connectivity index (χ0n) is 12.0. The number of benzene rings is 1. The van der Waals surface area contributed by atoms with Crippen LogP contribution in [0.4, 0.5) is 0 Å². The van der Waals surface area contributed by atoms with Crippen LogP contribution in [0.15, 0.2) is 30.3 Å². The fourth-order valence-corrected chi connectivity index (χ4v) is 3.15. The monoisotopic (exact) mass is 317 g/mol. The molecule has 3 rings (SSSR count). The smallest absolute Gasteiger partial charge is 0.356 e. The minimum absolute atomic E-state index is 0.137. The number of nitrogens with zero attached hydrogens (tertiary/aromatic N) is 3. The molecule has 1 N–H and O–H groups in total. The average molecular weight is 317 g/mol. The van der Waals surface area contributed by atoms with Gasteiger partial charge < -0.3 is 9.84 Å². The number of ether oxygens (including phenoxy) is 1. The molecule has 3 aromatic rings. The summed E-state index contributed by atoms with van der Waals surface area (Å²) in [7, 11) is 0. The van der Waals surface area contributed by atoms with E-state index in [4.69, 9.17) is 4.74 Å². The molecule has 0 atom stereocenters. The topological polar surface area (TPSA) is 76.7 Å². The number of hydrogen-bond donors (Lipinski definition) is 1. The van der Waals surface area contributed by atoms with E-state index in [1.165, 1.54) is 15.9 Å². The summed E-state index contributed by atoms with van der Waals surface area (Å²) in [4.78, 5) is 16.1. The third kappa shape index (κ3) is 2.94. The van der Waals surface area contributed by atoms with E-state index in [2.05, 4.69) is 10.1 Å². The van der Waals surface area contributed by atoms with E-state index >= 15 is 0 Å². The fraction of sp³-hybridized carbons (Fsp3) is 0.267. The maximum absolute atomic E-state index is 11.2. The van der Waals surface area contributed by atoms with Gasteiger partial charge in [-0.05, 0) is 25.5 Å². The van der Waals surface area contributed by atoms with Crippen molar-refractivity contribution in [1.82, 2.24) is 14.6 Å². The van der Waals surface area contributed by atoms with Crippen LogP contribution in [0, 0.1) is 6.92 Å². The normalized spacial score (nSPS) is 11.0. The molecule has 0 amide bonds. The number of hydrogen-bond acceptors (Lipinski definition) is 5. The number of aromatic nitrogens is 3. The van der Waals surface area contributed by atoms with Crippen molar-refractivity contribution in [3.63, 3.8) is 0 Å². The first-order chi connectivity index (χ1) is 10.6. The summed E-state index contributed by atoms with van der Waals surface area (Å²) >= 11 is 1.42. The Morgan fingerprint density at radius 3 is 2.86 bits per heavy atom. The van der Waals surface area contributed by atoms with Gasteiger partial charge in [0.25, 0.3) is 0 Å². The molecule has 22 heavy (non-hydrogen) atoms. The van der Waals surface area contributed by atoms with Crippen LogP contribution in [0.25, 0.3) is 4.96 Å². The molecule has 0 saturated heterocycles. The van der Waals surface area contributed by atoms with Crippen LogP contribution in [-0.2, 0) is 6.42 Å². The Bertz CT molecular complexity index is 795. The van der Waals surface area contributed by atoms with Crippen LogP contribution in [0.1, 0.15) is 27.6 Å². The van der Waals surface area contributed by atoms with Crippen LogP contribution in [-0.4, -0.2) is 32.3 Å². The Hall–Kier alpha value is -2.41. The standard InChI is InChI=1S/C15H15N3O3S/c1-10-13(14(19)20)18-15(16-10)22-12(17-18)8-5-9-21-11-6-3-2-4-7-11/h2-4,6-7H,5,8-9H2,1H3,(H,19,20). The van der Waals surface area contributed by atoms with Gasteiger partial charge in [0.1, 0.15) is 10.8 Å². The first-order valence-electron chi connectivity index (χ1n) is 6.91. The predicted molar refractivity (Wildman–Crippen MR) is 82.8 cm³/mol. The lowest BCUT2D eigenvalue weighted by Gasteiger charge is -2.04. The third-order valence-corrected chi connectivity index (χ3v) is 4.14. The molecule has 0 aliphatic heterocycles. The third-order valence-electron chi connectivity index (χ3n) is 3.17. The fourth-order valence-electron chi connectivity index (χ4n) is 2.17. The number of aromatic carboxylic acids is 1. The summed E-state index contributed by atoms with van der Waals surface area (Å²) in [6.07, 6.45) is 1.55. The molecule has 1 aromatic carbocycles. The minimum atomic E-state index is -1.01. The molecule has 0 aliphatic rings. The van der Waals surface area contributed by atoms with Gasteiger partial charge in [-0.15, -0.1) is 0 Å². The summed E-state index contributed by atoms with van der Waals surface area (Å²) in [6, 6.07) is 9.64. The van der Waals surface area contributed by atoms with E-state index in [9.17, 15) is 9.90 Å². The van der Waals surface area contributed by atoms with Crippen molar-refractivity contribution >= 4 is 22.3 Å². The molecule has 0 fully saturated rings. The molecule has 2 heterocycles. The lowest BCUT2D eigenvalue weighted by atomic mass is 10.3. The van der Waals surface area contributed by atoms with Gasteiger partial charge in [-0.2, -0.15) is 9.61 Å². The Kier molecular flexibility index (Phi) is 4.06. The SMILES string of the molecule is Cc1nc2sc(CCCOc3ccccc3)nn2c1C(=O)O. The van der Waals surface area contributed by atoms with E-state index < -0.39 is 5.97 Å². The van der Waals surface area contributed by atoms with Gasteiger partial charge in [-0.3, -0.25) is 0 Å². The van der Waals surface area contributed by atoms with Gasteiger partial charge >= 0.3 is 5.97 Å². The van der Waals surface area contributed by atoms with Crippen molar-refractivity contribution < 1.29 is 14.6 Å². The summed E-state index contributed by atoms with van der Waals surface area (Å²) in [5.74, 6) is -0.158. The van der Waals surface area contributed by atoms with E-state index in [1.807, 2.05) is 30.3 Å². The zero-order chi connectivity index (χ0) is 15.5. The quantitative estimate of drug-likeness (QED) is 0.707. The van der Waals surface area contributed by atoms with Crippen LogP contribution < -0.4 is 4.74 Å². The number of imidazole rings is 1. The highest BCUT2D eigenvalue weighted by Gasteiger charge is 2.19. The van der Waals surface area contributed by atoms with Gasteiger partial charge in [-0.1, -0.05) is 29.5 Å². The van der Waals surface area contributed by atoms with Gasteiger partial charge in [0.2, 0.25) is 4.96 Å². The lowest BCUT2D eigenvalue weighted by Crippen LogP contribution is -2.05. The molecular formula is C15H15N3O3S. The minimum Gasteiger partial charge on any atom is -0.494 e. The molecule has 114 valence electrons. The highest BCUT2D eigenvalue weighted by molar-refractivity contribution is 7.16. The second-order valence-electron chi connectivity index (χ2n) is 4.81. The molecule has 0 radical (unpaired) electrons. The molecular weight excluding hydrogens is 302 g/mol. The van der Waals surface area contributed by atoms with E-state index in [1.54, 1.807) is 6.92 Å². The predicted octanol–water partition coefficient (Wildman–Crippen LogP) is 2.81. The summed E-state index contributed by atoms with van der Waals surface area (Å²) in [5.41, 5.74) is 0.628. The van der Waals surface area contributed by atoms with Gasteiger partial charge in [0, 0.05) is 6.42 Å². The average Bonchev–Trinajstić information content (AvgIpc) is 3.00. The van der Waals surface area contributed by atoms with Crippen molar-refractivity contribution in [1.29, 1.82) is 0 Å². The van der Waals surface area contributed by atoms with Crippen LogP contribution in [0.5, 0.6) is 5.75 Å². The molecule has 0 spiro atoms. The Labute approximate surface area is 131 Å². The number of carbonyl (C=O) groups is 1. The molecule has 0 unspecified atom stereocenters. The van der Waals surface area contributed by atoms with E-state index in [-0.39, 0.29) is 5.69 Å². The number of para-hydroxylation sites is 1. The largest absolute Gasteiger partial charge is 0.494 e. The number of fused-ring (bicyclic) bond motifs is 1. The summed E-state index contributed by atoms with van der Waals surface area (Å²) in [6.45, 7) is 2.27. The Balaban J connectivity index is 1.61. The first kappa shape index (κ1) is 14.5. The van der Waals surface area contributed by atoms with Crippen molar-refractivity contribution in [2.75, 3.05) is 6.61 Å². The second kappa shape index (κ2) is 6.15. The second-order valence-corrected chi connectivity index (χ2v) is 5.85. The van der Waals surface area contributed by atoms with Crippen molar-refractivity contribution in [3.8, 4) is 5.75 Å². The lowest BCUT2D eigenvalue weighted by molar-refractivity contribution is 0.0687. The van der Waals surface area contributed by atoms with Crippen LogP contribution >= 0.6 is 11.3 Å². The number of aryl methyl sites for hydroxylation is 2. The molecule has 0 aliphatic carbocycles. The van der Waals surface area contributed by atoms with Gasteiger partial charge in [-0.25, -0.2) is 9.78 Å². The first-order valence-corrected chi connectivity index (χ1v) is 7.73. The van der Waals surface area contributed by atoms with Crippen LogP contribution in [0.2, 0.25) is 0 Å². The van der Waals surface area contributed by atoms with Crippen molar-refractivity contribution in [3.05, 3.63) is 46.7 Å². The Morgan fingerprint density at radius 2 is 2.14 bits per heavy atom. The zero-order valence-corrected chi connectivity index (χ0v) is 12.8. The van der Waals surface area contributed by atoms with Gasteiger partial charge in [0.15, 0.2) is 5.69 Å². The van der Waals surface area contributed by atoms with Crippen molar-refractivity contribution in [2.24, 2.45) is 0 Å². The maximum atomic E-state index is 11.2. The molecule has 2 aromatic heterocycles. The van der Waals surface area contributed by atoms with E-state index in [0.717, 1.165) is 23.6 Å². The number of carboxylic acid groups (broad SMARTS) is 1. The van der Waals surface area contributed by atoms with E-state index in [0.29, 0.717) is 17.3 Å². The number of rotatable bonds is 6. The molecule has 0 bridgehead atoms. The summed E-state index contributed by atoms with van der Waals surface area (Å²) in [5, 5.41) is 14.4. The Morgan fingerprint density at radius 1 is 1.36 bits per heavy atom. The van der Waals surface area contributed by atoms with Crippen molar-refractivity contribution in [2.45, 2.75) is 19.8 Å².